The molecule has 6 unspecified atom stereocenters. The first kappa shape index (κ1) is 11.9. The summed E-state index contributed by atoms with van der Waals surface area (Å²) in [5.41, 5.74) is 7.43. The maximum atomic E-state index is 6.79. The molecular formula is C20H26O. The van der Waals surface area contributed by atoms with E-state index in [1.54, 1.807) is 0 Å². The lowest BCUT2D eigenvalue weighted by atomic mass is 9.84. The van der Waals surface area contributed by atoms with Crippen LogP contribution < -0.4 is 0 Å². The third-order valence-electron chi connectivity index (χ3n) is 7.92. The molecule has 1 nitrogen and oxygen atoms in total. The second-order valence-electron chi connectivity index (χ2n) is 8.61. The van der Waals surface area contributed by atoms with Gasteiger partial charge in [0.25, 0.3) is 0 Å². The Kier molecular flexibility index (Phi) is 2.30. The monoisotopic (exact) mass is 282 g/mol. The Bertz CT molecular complexity index is 518. The minimum Gasteiger partial charge on any atom is -0.374 e. The minimum absolute atomic E-state index is 0.599. The Hall–Kier alpha value is -0.560. The fourth-order valence-corrected chi connectivity index (χ4v) is 7.20. The van der Waals surface area contributed by atoms with Crippen LogP contribution in [0.5, 0.6) is 0 Å². The van der Waals surface area contributed by atoms with Gasteiger partial charge in [0, 0.05) is 0 Å². The molecule has 0 N–H and O–H groups in total. The van der Waals surface area contributed by atoms with Crippen molar-refractivity contribution in [3.8, 4) is 0 Å². The molecule has 1 heteroatoms. The molecule has 0 aliphatic heterocycles. The average Bonchev–Trinajstić information content (AvgIpc) is 3.26. The molecule has 112 valence electrons. The van der Waals surface area contributed by atoms with Crippen molar-refractivity contribution in [1.82, 2.24) is 0 Å². The topological polar surface area (TPSA) is 9.23 Å². The Morgan fingerprint density at radius 2 is 1.19 bits per heavy atom. The zero-order valence-corrected chi connectivity index (χ0v) is 12.9. The number of hydrogen-bond donors (Lipinski definition) is 0. The zero-order chi connectivity index (χ0) is 13.6. The lowest BCUT2D eigenvalue weighted by molar-refractivity contribution is -0.0640. The Labute approximate surface area is 127 Å². The lowest BCUT2D eigenvalue weighted by Gasteiger charge is -2.34. The smallest absolute Gasteiger partial charge is 0.0653 e. The van der Waals surface area contributed by atoms with E-state index in [-0.39, 0.29) is 0 Å². The summed E-state index contributed by atoms with van der Waals surface area (Å²) in [4.78, 5) is 0. The van der Waals surface area contributed by atoms with Crippen LogP contribution >= 0.6 is 0 Å². The summed E-state index contributed by atoms with van der Waals surface area (Å²) in [5, 5.41) is 0. The predicted octanol–water partition coefficient (Wildman–Crippen LogP) is 4.78. The van der Waals surface area contributed by atoms with E-state index in [1.165, 1.54) is 64.2 Å². The van der Waals surface area contributed by atoms with Gasteiger partial charge in [-0.05, 0) is 87.9 Å². The predicted molar refractivity (Wildman–Crippen MR) is 82.8 cm³/mol. The number of allylic oxidation sites excluding steroid dienone is 2. The molecule has 21 heavy (non-hydrogen) atoms. The fourth-order valence-electron chi connectivity index (χ4n) is 7.20. The molecule has 6 aliphatic rings. The maximum absolute atomic E-state index is 6.79. The molecule has 4 bridgehead atoms. The van der Waals surface area contributed by atoms with Crippen LogP contribution in [0.1, 0.15) is 64.2 Å². The van der Waals surface area contributed by atoms with Gasteiger partial charge in [-0.15, -0.1) is 0 Å². The largest absolute Gasteiger partial charge is 0.374 e. The summed E-state index contributed by atoms with van der Waals surface area (Å²) in [5.74, 6) is 3.65. The normalized spacial score (nSPS) is 49.7. The van der Waals surface area contributed by atoms with Crippen LogP contribution in [-0.4, -0.2) is 12.2 Å². The summed E-state index contributed by atoms with van der Waals surface area (Å²) in [6.07, 6.45) is 15.3. The molecule has 6 rings (SSSR count). The van der Waals surface area contributed by atoms with Gasteiger partial charge in [0.1, 0.15) is 0 Å². The van der Waals surface area contributed by atoms with Crippen molar-refractivity contribution in [2.24, 2.45) is 23.7 Å². The van der Waals surface area contributed by atoms with Crippen molar-refractivity contribution in [3.63, 3.8) is 0 Å². The summed E-state index contributed by atoms with van der Waals surface area (Å²) in [6.45, 7) is 0. The first-order chi connectivity index (χ1) is 10.4. The van der Waals surface area contributed by atoms with Gasteiger partial charge >= 0.3 is 0 Å². The van der Waals surface area contributed by atoms with Gasteiger partial charge in [-0.2, -0.15) is 0 Å². The minimum atomic E-state index is 0.599. The van der Waals surface area contributed by atoms with Crippen LogP contribution in [0.25, 0.3) is 0 Å². The van der Waals surface area contributed by atoms with E-state index in [9.17, 15) is 0 Å². The zero-order valence-electron chi connectivity index (χ0n) is 12.9. The summed E-state index contributed by atoms with van der Waals surface area (Å²) < 4.78 is 6.79. The molecule has 0 aromatic carbocycles. The second kappa shape index (κ2) is 4.04. The van der Waals surface area contributed by atoms with Gasteiger partial charge < -0.3 is 4.74 Å². The highest BCUT2D eigenvalue weighted by molar-refractivity contribution is 5.35. The molecule has 6 aliphatic carbocycles. The average molecular weight is 282 g/mol. The Morgan fingerprint density at radius 3 is 1.71 bits per heavy atom. The number of rotatable bonds is 2. The van der Waals surface area contributed by atoms with E-state index in [4.69, 9.17) is 4.74 Å². The molecule has 0 radical (unpaired) electrons. The standard InChI is InChI=1S/C20H26O/c1-3-13-11-7-17(15(13)5-1)19(9-11)21-20-10-12-8-18(20)16-6-2-4-14(12)16/h15-20H,1-10H2. The van der Waals surface area contributed by atoms with E-state index in [0.29, 0.717) is 12.2 Å². The van der Waals surface area contributed by atoms with Crippen molar-refractivity contribution >= 4 is 0 Å². The molecule has 0 heterocycles. The third-order valence-corrected chi connectivity index (χ3v) is 7.92. The molecule has 6 atom stereocenters. The highest BCUT2D eigenvalue weighted by Gasteiger charge is 2.52. The third kappa shape index (κ3) is 1.47. The van der Waals surface area contributed by atoms with Crippen LogP contribution in [0.15, 0.2) is 22.3 Å². The lowest BCUT2D eigenvalue weighted by Crippen LogP contribution is -2.34. The molecule has 0 aromatic rings. The SMILES string of the molecule is C1CC2=C3CC(OC4CC5=C6CCCC6C4C5)C(C3)C2C1. The molecule has 0 amide bonds. The maximum Gasteiger partial charge on any atom is 0.0653 e. The van der Waals surface area contributed by atoms with Gasteiger partial charge in [-0.3, -0.25) is 0 Å². The van der Waals surface area contributed by atoms with Gasteiger partial charge in [0.2, 0.25) is 0 Å². The van der Waals surface area contributed by atoms with E-state index < -0.39 is 0 Å². The van der Waals surface area contributed by atoms with Crippen molar-refractivity contribution in [2.45, 2.75) is 76.4 Å². The van der Waals surface area contributed by atoms with Gasteiger partial charge in [-0.25, -0.2) is 0 Å². The van der Waals surface area contributed by atoms with E-state index >= 15 is 0 Å². The number of fused-ring (bicyclic) bond motifs is 8. The van der Waals surface area contributed by atoms with Gasteiger partial charge in [0.15, 0.2) is 0 Å². The van der Waals surface area contributed by atoms with Crippen molar-refractivity contribution in [1.29, 1.82) is 0 Å². The Morgan fingerprint density at radius 1 is 0.667 bits per heavy atom. The second-order valence-corrected chi connectivity index (χ2v) is 8.61. The molecule has 0 spiro atoms. The quantitative estimate of drug-likeness (QED) is 0.662. The van der Waals surface area contributed by atoms with Crippen LogP contribution in [0.3, 0.4) is 0 Å². The fraction of sp³-hybridized carbons (Fsp3) is 0.800. The Balaban J connectivity index is 1.22. The molecule has 4 saturated carbocycles. The van der Waals surface area contributed by atoms with Crippen LogP contribution in [0, 0.1) is 23.7 Å². The van der Waals surface area contributed by atoms with Crippen LogP contribution in [0.4, 0.5) is 0 Å². The van der Waals surface area contributed by atoms with Gasteiger partial charge in [0.05, 0.1) is 12.2 Å². The molecule has 0 saturated heterocycles. The van der Waals surface area contributed by atoms with Crippen molar-refractivity contribution < 1.29 is 4.74 Å². The molecule has 4 fully saturated rings. The van der Waals surface area contributed by atoms with Crippen LogP contribution in [-0.2, 0) is 4.74 Å². The summed E-state index contributed by atoms with van der Waals surface area (Å²) in [6, 6.07) is 0. The van der Waals surface area contributed by atoms with Crippen molar-refractivity contribution in [2.75, 3.05) is 0 Å². The summed E-state index contributed by atoms with van der Waals surface area (Å²) >= 11 is 0. The highest BCUT2D eigenvalue weighted by atomic mass is 16.5. The number of ether oxygens (including phenoxy) is 1. The van der Waals surface area contributed by atoms with E-state index in [2.05, 4.69) is 0 Å². The van der Waals surface area contributed by atoms with E-state index in [1.807, 2.05) is 22.3 Å². The number of hydrogen-bond acceptors (Lipinski definition) is 1. The van der Waals surface area contributed by atoms with Crippen molar-refractivity contribution in [3.05, 3.63) is 22.3 Å². The molecular weight excluding hydrogens is 256 g/mol. The van der Waals surface area contributed by atoms with Gasteiger partial charge in [-0.1, -0.05) is 22.3 Å². The highest BCUT2D eigenvalue weighted by Crippen LogP contribution is 2.59. The first-order valence-electron chi connectivity index (χ1n) is 9.45. The van der Waals surface area contributed by atoms with Crippen LogP contribution in [0.2, 0.25) is 0 Å². The first-order valence-corrected chi connectivity index (χ1v) is 9.45. The van der Waals surface area contributed by atoms with E-state index in [0.717, 1.165) is 23.7 Å². The molecule has 0 aromatic heterocycles. The summed E-state index contributed by atoms with van der Waals surface area (Å²) in [7, 11) is 0.